The van der Waals surface area contributed by atoms with Crippen LogP contribution >= 0.6 is 0 Å². The molecule has 1 aromatic rings. The Balaban J connectivity index is 1.52. The van der Waals surface area contributed by atoms with Gasteiger partial charge in [-0.1, -0.05) is 31.0 Å². The van der Waals surface area contributed by atoms with Gasteiger partial charge in [-0.2, -0.15) is 0 Å². The highest BCUT2D eigenvalue weighted by Crippen LogP contribution is 2.22. The molecule has 0 atom stereocenters. The minimum absolute atomic E-state index is 0.808. The molecular weight excluding hydrogens is 218 g/mol. The van der Waals surface area contributed by atoms with E-state index in [1.54, 1.807) is 11.1 Å². The van der Waals surface area contributed by atoms with Crippen molar-refractivity contribution in [1.82, 2.24) is 5.32 Å². The Labute approximate surface area is 111 Å². The third-order valence-electron chi connectivity index (χ3n) is 4.61. The third-order valence-corrected chi connectivity index (χ3v) is 4.61. The van der Waals surface area contributed by atoms with Crippen molar-refractivity contribution in [2.75, 3.05) is 6.54 Å². The van der Waals surface area contributed by atoms with Crippen LogP contribution in [0.15, 0.2) is 18.2 Å². The van der Waals surface area contributed by atoms with Crippen LogP contribution in [0.1, 0.15) is 55.2 Å². The molecule has 0 amide bonds. The molecule has 0 saturated heterocycles. The zero-order valence-corrected chi connectivity index (χ0v) is 11.4. The lowest BCUT2D eigenvalue weighted by Gasteiger charge is -2.17. The van der Waals surface area contributed by atoms with E-state index in [4.69, 9.17) is 0 Å². The van der Waals surface area contributed by atoms with Gasteiger partial charge in [-0.05, 0) is 68.2 Å². The molecule has 0 heterocycles. The van der Waals surface area contributed by atoms with Crippen molar-refractivity contribution >= 4 is 0 Å². The summed E-state index contributed by atoms with van der Waals surface area (Å²) in [5.74, 6) is 0. The van der Waals surface area contributed by atoms with Crippen molar-refractivity contribution in [3.05, 3.63) is 34.9 Å². The zero-order valence-electron chi connectivity index (χ0n) is 11.4. The number of fused-ring (bicyclic) bond motifs is 1. The highest BCUT2D eigenvalue weighted by molar-refractivity contribution is 5.33. The molecule has 1 heteroatoms. The van der Waals surface area contributed by atoms with Crippen LogP contribution in [0.5, 0.6) is 0 Å². The van der Waals surface area contributed by atoms with Crippen molar-refractivity contribution in [2.45, 2.75) is 63.8 Å². The summed E-state index contributed by atoms with van der Waals surface area (Å²) in [6.45, 7) is 1.16. The third kappa shape index (κ3) is 2.95. The second-order valence-corrected chi connectivity index (χ2v) is 6.00. The number of aryl methyl sites for hydroxylation is 2. The molecule has 0 radical (unpaired) electrons. The van der Waals surface area contributed by atoms with Gasteiger partial charge in [0.05, 0.1) is 0 Å². The second kappa shape index (κ2) is 5.88. The average molecular weight is 243 g/mol. The van der Waals surface area contributed by atoms with Gasteiger partial charge in [0.2, 0.25) is 0 Å². The zero-order chi connectivity index (χ0) is 12.2. The Kier molecular flexibility index (Phi) is 3.99. The van der Waals surface area contributed by atoms with E-state index in [1.807, 2.05) is 0 Å². The highest BCUT2D eigenvalue weighted by atomic mass is 14.9. The van der Waals surface area contributed by atoms with Gasteiger partial charge >= 0.3 is 0 Å². The standard InChI is InChI=1S/C17H25N/c1-2-6-16-13-14(9-10-15(16)5-1)11-12-18-17-7-3-4-8-17/h9-10,13,17-18H,1-8,11-12H2. The van der Waals surface area contributed by atoms with Crippen molar-refractivity contribution < 1.29 is 0 Å². The number of nitrogens with one attached hydrogen (secondary N) is 1. The van der Waals surface area contributed by atoms with Crippen molar-refractivity contribution in [2.24, 2.45) is 0 Å². The Hall–Kier alpha value is -0.820. The van der Waals surface area contributed by atoms with Crippen molar-refractivity contribution in [3.8, 4) is 0 Å². The van der Waals surface area contributed by atoms with Crippen LogP contribution in [0.3, 0.4) is 0 Å². The van der Waals surface area contributed by atoms with Gasteiger partial charge in [0, 0.05) is 6.04 Å². The van der Waals surface area contributed by atoms with Crippen molar-refractivity contribution in [1.29, 1.82) is 0 Å². The monoisotopic (exact) mass is 243 g/mol. The number of hydrogen-bond donors (Lipinski definition) is 1. The first-order valence-electron chi connectivity index (χ1n) is 7.76. The average Bonchev–Trinajstić information content (AvgIpc) is 2.92. The molecule has 0 bridgehead atoms. The topological polar surface area (TPSA) is 12.0 Å². The number of rotatable bonds is 4. The molecule has 18 heavy (non-hydrogen) atoms. The smallest absolute Gasteiger partial charge is 0.00671 e. The van der Waals surface area contributed by atoms with Crippen LogP contribution in [0.4, 0.5) is 0 Å². The van der Waals surface area contributed by atoms with Crippen LogP contribution < -0.4 is 5.32 Å². The maximum atomic E-state index is 3.71. The van der Waals surface area contributed by atoms with E-state index in [0.717, 1.165) is 12.6 Å². The summed E-state index contributed by atoms with van der Waals surface area (Å²) in [7, 11) is 0. The summed E-state index contributed by atoms with van der Waals surface area (Å²) in [5, 5.41) is 3.71. The van der Waals surface area contributed by atoms with Gasteiger partial charge in [-0.15, -0.1) is 0 Å². The predicted molar refractivity (Wildman–Crippen MR) is 77.0 cm³/mol. The van der Waals surface area contributed by atoms with E-state index in [-0.39, 0.29) is 0 Å². The summed E-state index contributed by atoms with van der Waals surface area (Å²) >= 11 is 0. The maximum Gasteiger partial charge on any atom is 0.00671 e. The molecule has 1 fully saturated rings. The molecule has 0 aromatic heterocycles. The van der Waals surface area contributed by atoms with Crippen LogP contribution in [-0.4, -0.2) is 12.6 Å². The normalized spacial score (nSPS) is 20.0. The lowest BCUT2D eigenvalue weighted by molar-refractivity contribution is 0.527. The molecule has 1 aromatic carbocycles. The molecule has 3 rings (SSSR count). The second-order valence-electron chi connectivity index (χ2n) is 6.00. The van der Waals surface area contributed by atoms with Gasteiger partial charge in [0.15, 0.2) is 0 Å². The van der Waals surface area contributed by atoms with E-state index in [0.29, 0.717) is 0 Å². The maximum absolute atomic E-state index is 3.71. The van der Waals surface area contributed by atoms with Crippen LogP contribution in [0.2, 0.25) is 0 Å². The Morgan fingerprint density at radius 2 is 1.72 bits per heavy atom. The summed E-state index contributed by atoms with van der Waals surface area (Å²) in [5.41, 5.74) is 4.76. The molecule has 2 aliphatic rings. The number of hydrogen-bond acceptors (Lipinski definition) is 1. The first-order valence-corrected chi connectivity index (χ1v) is 7.76. The first kappa shape index (κ1) is 12.2. The quantitative estimate of drug-likeness (QED) is 0.851. The van der Waals surface area contributed by atoms with Crippen LogP contribution in [0.25, 0.3) is 0 Å². The molecule has 1 nitrogen and oxygen atoms in total. The molecule has 1 saturated carbocycles. The highest BCUT2D eigenvalue weighted by Gasteiger charge is 2.14. The Bertz CT molecular complexity index is 391. The summed E-state index contributed by atoms with van der Waals surface area (Å²) < 4.78 is 0. The summed E-state index contributed by atoms with van der Waals surface area (Å²) in [6.07, 6.45) is 12.2. The lowest BCUT2D eigenvalue weighted by Crippen LogP contribution is -2.28. The van der Waals surface area contributed by atoms with Gasteiger partial charge in [-0.25, -0.2) is 0 Å². The molecule has 0 unspecified atom stereocenters. The van der Waals surface area contributed by atoms with Gasteiger partial charge in [0.1, 0.15) is 0 Å². The minimum Gasteiger partial charge on any atom is -0.314 e. The first-order chi connectivity index (χ1) is 8.92. The SMILES string of the molecule is c1cc2c(cc1CCNC1CCCC1)CCCC2. The summed E-state index contributed by atoms with van der Waals surface area (Å²) in [4.78, 5) is 0. The number of benzene rings is 1. The largest absolute Gasteiger partial charge is 0.314 e. The summed E-state index contributed by atoms with van der Waals surface area (Å²) in [6, 6.07) is 7.99. The van der Waals surface area contributed by atoms with Crippen molar-refractivity contribution in [3.63, 3.8) is 0 Å². The van der Waals surface area contributed by atoms with E-state index in [2.05, 4.69) is 23.5 Å². The van der Waals surface area contributed by atoms with Gasteiger partial charge in [-0.3, -0.25) is 0 Å². The predicted octanol–water partition coefficient (Wildman–Crippen LogP) is 3.64. The van der Waals surface area contributed by atoms with E-state index < -0.39 is 0 Å². The lowest BCUT2D eigenvalue weighted by atomic mass is 9.90. The molecule has 98 valence electrons. The molecule has 1 N–H and O–H groups in total. The van der Waals surface area contributed by atoms with E-state index in [9.17, 15) is 0 Å². The molecule has 0 aliphatic heterocycles. The van der Waals surface area contributed by atoms with Gasteiger partial charge < -0.3 is 5.32 Å². The molecular formula is C17H25N. The fraction of sp³-hybridized carbons (Fsp3) is 0.647. The van der Waals surface area contributed by atoms with E-state index in [1.165, 1.54) is 63.4 Å². The Morgan fingerprint density at radius 1 is 0.944 bits per heavy atom. The fourth-order valence-electron chi connectivity index (χ4n) is 3.49. The van der Waals surface area contributed by atoms with E-state index >= 15 is 0 Å². The minimum atomic E-state index is 0.808. The Morgan fingerprint density at radius 3 is 2.56 bits per heavy atom. The van der Waals surface area contributed by atoms with Crippen LogP contribution in [-0.2, 0) is 19.3 Å². The van der Waals surface area contributed by atoms with Crippen LogP contribution in [0, 0.1) is 0 Å². The molecule has 0 spiro atoms. The fourth-order valence-corrected chi connectivity index (χ4v) is 3.49. The van der Waals surface area contributed by atoms with Gasteiger partial charge in [0.25, 0.3) is 0 Å². The molecule has 2 aliphatic carbocycles.